The van der Waals surface area contributed by atoms with E-state index in [0.717, 1.165) is 4.31 Å². The van der Waals surface area contributed by atoms with Gasteiger partial charge in [0.2, 0.25) is 0 Å². The van der Waals surface area contributed by atoms with Crippen LogP contribution in [-0.4, -0.2) is 15.0 Å². The van der Waals surface area contributed by atoms with Crippen LogP contribution in [0.2, 0.25) is 5.02 Å². The zero-order chi connectivity index (χ0) is 14.8. The molecule has 0 radical (unpaired) electrons. The van der Waals surface area contributed by atoms with E-state index in [4.69, 9.17) is 11.6 Å². The molecule has 0 aromatic heterocycles. The van der Waals surface area contributed by atoms with Crippen LogP contribution in [0.25, 0.3) is 0 Å². The Hall–Kier alpha value is -1.59. The van der Waals surface area contributed by atoms with Crippen LogP contribution in [-0.2, 0) is 10.0 Å². The third-order valence-electron chi connectivity index (χ3n) is 2.79. The fourth-order valence-electron chi connectivity index (χ4n) is 1.90. The third-order valence-corrected chi connectivity index (χ3v) is 5.19. The minimum absolute atomic E-state index is 0.00720. The topological polar surface area (TPSA) is 37.4 Å². The van der Waals surface area contributed by atoms with Gasteiger partial charge in [-0.1, -0.05) is 29.8 Å². The van der Waals surface area contributed by atoms with Crippen molar-refractivity contribution in [1.82, 2.24) is 0 Å². The van der Waals surface area contributed by atoms with Gasteiger partial charge in [-0.05, 0) is 37.3 Å². The van der Waals surface area contributed by atoms with Crippen molar-refractivity contribution < 1.29 is 12.8 Å². The second-order valence-electron chi connectivity index (χ2n) is 4.08. The molecule has 106 valence electrons. The second-order valence-corrected chi connectivity index (χ2v) is 6.32. The summed E-state index contributed by atoms with van der Waals surface area (Å²) in [5.74, 6) is -0.490. The van der Waals surface area contributed by atoms with Gasteiger partial charge in [0.05, 0.1) is 10.7 Å². The van der Waals surface area contributed by atoms with Crippen molar-refractivity contribution in [3.8, 4) is 0 Å². The third kappa shape index (κ3) is 2.78. The number of anilines is 1. The van der Waals surface area contributed by atoms with Crippen LogP contribution in [0.5, 0.6) is 0 Å². The molecular formula is C14H13ClFNO2S. The van der Waals surface area contributed by atoms with Gasteiger partial charge in [-0.15, -0.1) is 0 Å². The smallest absolute Gasteiger partial charge is 0.265 e. The van der Waals surface area contributed by atoms with E-state index < -0.39 is 15.8 Å². The van der Waals surface area contributed by atoms with E-state index in [1.165, 1.54) is 30.3 Å². The Morgan fingerprint density at radius 1 is 1.15 bits per heavy atom. The molecule has 2 aromatic rings. The SMILES string of the molecule is CCN(c1cccc(F)c1)S(=O)(=O)c1ccccc1Cl. The van der Waals surface area contributed by atoms with Crippen molar-refractivity contribution in [2.24, 2.45) is 0 Å². The Bertz CT molecular complexity index is 719. The average molecular weight is 314 g/mol. The Kier molecular flexibility index (Phi) is 4.30. The van der Waals surface area contributed by atoms with E-state index in [0.29, 0.717) is 0 Å². The Balaban J connectivity index is 2.54. The molecule has 0 amide bonds. The lowest BCUT2D eigenvalue weighted by Crippen LogP contribution is -2.31. The van der Waals surface area contributed by atoms with Gasteiger partial charge in [-0.25, -0.2) is 12.8 Å². The standard InChI is InChI=1S/C14H13ClFNO2S/c1-2-17(12-7-5-6-11(16)10-12)20(18,19)14-9-4-3-8-13(14)15/h3-10H,2H2,1H3. The number of halogens is 2. The molecule has 20 heavy (non-hydrogen) atoms. The van der Waals surface area contributed by atoms with Gasteiger partial charge in [0.1, 0.15) is 10.7 Å². The highest BCUT2D eigenvalue weighted by molar-refractivity contribution is 7.93. The molecule has 0 saturated heterocycles. The predicted molar refractivity (Wildman–Crippen MR) is 78.1 cm³/mol. The van der Waals surface area contributed by atoms with Gasteiger partial charge in [0, 0.05) is 6.54 Å². The maximum absolute atomic E-state index is 13.3. The van der Waals surface area contributed by atoms with E-state index in [1.54, 1.807) is 25.1 Å². The molecule has 0 aliphatic carbocycles. The Morgan fingerprint density at radius 3 is 2.45 bits per heavy atom. The molecule has 0 fully saturated rings. The first-order chi connectivity index (χ1) is 9.46. The Labute approximate surface area is 122 Å². The molecule has 2 rings (SSSR count). The van der Waals surface area contributed by atoms with Crippen LogP contribution in [0.15, 0.2) is 53.4 Å². The van der Waals surface area contributed by atoms with E-state index in [2.05, 4.69) is 0 Å². The number of benzene rings is 2. The molecule has 0 unspecified atom stereocenters. The minimum Gasteiger partial charge on any atom is -0.266 e. The molecule has 0 aliphatic rings. The quantitative estimate of drug-likeness (QED) is 0.863. The lowest BCUT2D eigenvalue weighted by atomic mass is 10.3. The van der Waals surface area contributed by atoms with E-state index in [1.807, 2.05) is 0 Å². The van der Waals surface area contributed by atoms with Gasteiger partial charge < -0.3 is 0 Å². The van der Waals surface area contributed by atoms with Gasteiger partial charge in [0.15, 0.2) is 0 Å². The number of hydrogen-bond acceptors (Lipinski definition) is 2. The summed E-state index contributed by atoms with van der Waals surface area (Å²) >= 11 is 5.95. The van der Waals surface area contributed by atoms with Crippen LogP contribution >= 0.6 is 11.6 Å². The zero-order valence-corrected chi connectivity index (χ0v) is 12.3. The van der Waals surface area contributed by atoms with Crippen LogP contribution in [0.1, 0.15) is 6.92 Å². The van der Waals surface area contributed by atoms with Crippen LogP contribution in [0, 0.1) is 5.82 Å². The van der Waals surface area contributed by atoms with Gasteiger partial charge in [0.25, 0.3) is 10.0 Å². The maximum Gasteiger partial charge on any atom is 0.265 e. The molecule has 0 atom stereocenters. The first-order valence-electron chi connectivity index (χ1n) is 5.99. The summed E-state index contributed by atoms with van der Waals surface area (Å²) in [6, 6.07) is 11.6. The molecule has 0 aliphatic heterocycles. The summed E-state index contributed by atoms with van der Waals surface area (Å²) in [5, 5.41) is 0.141. The van der Waals surface area contributed by atoms with Gasteiger partial charge in [-0.3, -0.25) is 4.31 Å². The molecule has 0 N–H and O–H groups in total. The summed E-state index contributed by atoms with van der Waals surface area (Å²) in [6.45, 7) is 1.86. The largest absolute Gasteiger partial charge is 0.266 e. The first kappa shape index (κ1) is 14.8. The molecule has 0 heterocycles. The van der Waals surface area contributed by atoms with Crippen molar-refractivity contribution in [1.29, 1.82) is 0 Å². The molecular weight excluding hydrogens is 301 g/mol. The van der Waals surface area contributed by atoms with Crippen molar-refractivity contribution in [2.75, 3.05) is 10.8 Å². The number of sulfonamides is 1. The van der Waals surface area contributed by atoms with Crippen molar-refractivity contribution in [2.45, 2.75) is 11.8 Å². The fraction of sp³-hybridized carbons (Fsp3) is 0.143. The van der Waals surface area contributed by atoms with E-state index >= 15 is 0 Å². The number of rotatable bonds is 4. The minimum atomic E-state index is -3.82. The maximum atomic E-state index is 13.3. The van der Waals surface area contributed by atoms with E-state index in [-0.39, 0.29) is 22.2 Å². The second kappa shape index (κ2) is 5.81. The lowest BCUT2D eigenvalue weighted by Gasteiger charge is -2.23. The average Bonchev–Trinajstić information content (AvgIpc) is 2.39. The summed E-state index contributed by atoms with van der Waals surface area (Å²) in [5.41, 5.74) is 0.271. The van der Waals surface area contributed by atoms with Crippen molar-refractivity contribution >= 4 is 27.3 Å². The normalized spacial score (nSPS) is 11.3. The van der Waals surface area contributed by atoms with Crippen LogP contribution < -0.4 is 4.31 Å². The molecule has 0 saturated carbocycles. The highest BCUT2D eigenvalue weighted by Crippen LogP contribution is 2.28. The summed E-state index contributed by atoms with van der Waals surface area (Å²) in [7, 11) is -3.82. The summed E-state index contributed by atoms with van der Waals surface area (Å²) in [4.78, 5) is 0.00720. The Morgan fingerprint density at radius 2 is 1.85 bits per heavy atom. The van der Waals surface area contributed by atoms with Crippen molar-refractivity contribution in [3.05, 3.63) is 59.4 Å². The molecule has 0 bridgehead atoms. The molecule has 0 spiro atoms. The fourth-order valence-corrected chi connectivity index (χ4v) is 3.86. The molecule has 3 nitrogen and oxygen atoms in total. The number of nitrogens with zero attached hydrogens (tertiary/aromatic N) is 1. The highest BCUT2D eigenvalue weighted by Gasteiger charge is 2.25. The summed E-state index contributed by atoms with van der Waals surface area (Å²) < 4.78 is 39.6. The van der Waals surface area contributed by atoms with Crippen molar-refractivity contribution in [3.63, 3.8) is 0 Å². The molecule has 6 heteroatoms. The predicted octanol–water partition coefficient (Wildman–Crippen LogP) is 3.69. The lowest BCUT2D eigenvalue weighted by molar-refractivity contribution is 0.591. The van der Waals surface area contributed by atoms with Crippen LogP contribution in [0.4, 0.5) is 10.1 Å². The van der Waals surface area contributed by atoms with E-state index in [9.17, 15) is 12.8 Å². The highest BCUT2D eigenvalue weighted by atomic mass is 35.5. The first-order valence-corrected chi connectivity index (χ1v) is 7.81. The zero-order valence-electron chi connectivity index (χ0n) is 10.8. The number of hydrogen-bond donors (Lipinski definition) is 0. The van der Waals surface area contributed by atoms with Crippen LogP contribution in [0.3, 0.4) is 0 Å². The van der Waals surface area contributed by atoms with Gasteiger partial charge >= 0.3 is 0 Å². The van der Waals surface area contributed by atoms with Gasteiger partial charge in [-0.2, -0.15) is 0 Å². The monoisotopic (exact) mass is 313 g/mol. The summed E-state index contributed by atoms with van der Waals surface area (Å²) in [6.07, 6.45) is 0. The molecule has 2 aromatic carbocycles.